The van der Waals surface area contributed by atoms with Crippen LogP contribution in [-0.2, 0) is 9.53 Å². The van der Waals surface area contributed by atoms with Crippen molar-refractivity contribution in [3.05, 3.63) is 11.8 Å². The maximum atomic E-state index is 12.0. The van der Waals surface area contributed by atoms with Crippen molar-refractivity contribution in [2.24, 2.45) is 5.92 Å². The lowest BCUT2D eigenvalue weighted by Crippen LogP contribution is -2.32. The minimum Gasteiger partial charge on any atom is -0.430 e. The van der Waals surface area contributed by atoms with Crippen molar-refractivity contribution in [1.29, 1.82) is 0 Å². The summed E-state index contributed by atoms with van der Waals surface area (Å²) in [7, 11) is 0. The smallest absolute Gasteiger partial charge is 0.321 e. The molecule has 0 radical (unpaired) electrons. The van der Waals surface area contributed by atoms with Crippen molar-refractivity contribution in [3.8, 4) is 0 Å². The zero-order valence-electron chi connectivity index (χ0n) is 32.5. The topological polar surface area (TPSA) is 26.3 Å². The SMILES string of the molecule is CCCCCCCCCCCCCCCCCCCCC/C=C1\OC(=O)C1CCCCCCCCCCCCCCCCCCCC. The minimum atomic E-state index is 0.0244. The fraction of sp³-hybridized carbons (Fsp3) is 0.933. The standard InChI is InChI=1S/C45H86O2/c1-3-5-7-9-11-13-15-17-19-21-23-24-26-28-30-32-34-36-38-40-42-44-43(45(46)47-44)41-39-37-35-33-31-29-27-25-22-20-18-16-14-12-10-8-6-4-2/h42-43H,3-41H2,1-2H3/b44-42-. The van der Waals surface area contributed by atoms with E-state index in [1.54, 1.807) is 0 Å². The van der Waals surface area contributed by atoms with Gasteiger partial charge in [0.15, 0.2) is 0 Å². The van der Waals surface area contributed by atoms with E-state index in [0.717, 1.165) is 18.6 Å². The zero-order valence-corrected chi connectivity index (χ0v) is 32.5. The normalized spacial score (nSPS) is 15.4. The Balaban J connectivity index is 1.79. The highest BCUT2D eigenvalue weighted by Gasteiger charge is 2.36. The third kappa shape index (κ3) is 29.8. The molecule has 1 saturated heterocycles. The molecule has 1 rings (SSSR count). The van der Waals surface area contributed by atoms with Crippen LogP contribution in [-0.4, -0.2) is 5.97 Å². The van der Waals surface area contributed by atoms with E-state index in [1.807, 2.05) is 0 Å². The minimum absolute atomic E-state index is 0.0244. The third-order valence-electron chi connectivity index (χ3n) is 10.8. The van der Waals surface area contributed by atoms with Crippen molar-refractivity contribution in [1.82, 2.24) is 0 Å². The second-order valence-electron chi connectivity index (χ2n) is 15.5. The Hall–Kier alpha value is -0.790. The molecule has 2 nitrogen and oxygen atoms in total. The van der Waals surface area contributed by atoms with Gasteiger partial charge in [0, 0.05) is 0 Å². The van der Waals surface area contributed by atoms with Gasteiger partial charge in [0.05, 0.1) is 0 Å². The molecule has 0 saturated carbocycles. The van der Waals surface area contributed by atoms with Crippen LogP contribution in [0.3, 0.4) is 0 Å². The summed E-state index contributed by atoms with van der Waals surface area (Å²) in [6.45, 7) is 4.60. The van der Waals surface area contributed by atoms with E-state index in [0.29, 0.717) is 0 Å². The molecule has 1 fully saturated rings. The van der Waals surface area contributed by atoms with Crippen molar-refractivity contribution < 1.29 is 9.53 Å². The lowest BCUT2D eigenvalue weighted by molar-refractivity contribution is -0.157. The molecule has 0 aliphatic carbocycles. The predicted octanol–water partition coefficient (Wildman–Crippen LogP) is 16.3. The summed E-state index contributed by atoms with van der Waals surface area (Å²) in [6.07, 6.45) is 56.6. The quantitative estimate of drug-likeness (QED) is 0.0485. The van der Waals surface area contributed by atoms with Crippen LogP contribution in [0.5, 0.6) is 0 Å². The van der Waals surface area contributed by atoms with E-state index in [2.05, 4.69) is 19.9 Å². The van der Waals surface area contributed by atoms with Crippen LogP contribution in [0.25, 0.3) is 0 Å². The van der Waals surface area contributed by atoms with E-state index >= 15 is 0 Å². The van der Waals surface area contributed by atoms with Crippen molar-refractivity contribution in [2.45, 2.75) is 264 Å². The monoisotopic (exact) mass is 659 g/mol. The van der Waals surface area contributed by atoms with Crippen LogP contribution in [0.1, 0.15) is 264 Å². The van der Waals surface area contributed by atoms with E-state index in [9.17, 15) is 4.79 Å². The molecular weight excluding hydrogens is 572 g/mol. The lowest BCUT2D eigenvalue weighted by Gasteiger charge is -2.28. The summed E-state index contributed by atoms with van der Waals surface area (Å²) in [5, 5.41) is 0. The highest BCUT2D eigenvalue weighted by molar-refractivity contribution is 5.82. The Bertz CT molecular complexity index is 667. The molecule has 0 aromatic heterocycles. The third-order valence-corrected chi connectivity index (χ3v) is 10.8. The van der Waals surface area contributed by atoms with Gasteiger partial charge in [-0.05, 0) is 25.3 Å². The van der Waals surface area contributed by atoms with Crippen LogP contribution >= 0.6 is 0 Å². The molecule has 0 amide bonds. The van der Waals surface area contributed by atoms with Gasteiger partial charge in [0.25, 0.3) is 0 Å². The van der Waals surface area contributed by atoms with Gasteiger partial charge in [-0.25, -0.2) is 0 Å². The second kappa shape index (κ2) is 36.5. The van der Waals surface area contributed by atoms with Gasteiger partial charge < -0.3 is 4.74 Å². The molecule has 1 unspecified atom stereocenters. The first-order valence-corrected chi connectivity index (χ1v) is 22.2. The number of cyclic esters (lactones) is 1. The number of carbonyl (C=O) groups excluding carboxylic acids is 1. The first-order chi connectivity index (χ1) is 23.3. The molecule has 1 aliphatic rings. The molecule has 47 heavy (non-hydrogen) atoms. The molecule has 1 heterocycles. The summed E-state index contributed by atoms with van der Waals surface area (Å²) in [6, 6.07) is 0. The highest BCUT2D eigenvalue weighted by atomic mass is 16.6. The van der Waals surface area contributed by atoms with Crippen molar-refractivity contribution in [3.63, 3.8) is 0 Å². The molecule has 0 aromatic rings. The Kier molecular flexibility index (Phi) is 34.3. The fourth-order valence-electron chi connectivity index (χ4n) is 7.48. The summed E-state index contributed by atoms with van der Waals surface area (Å²) in [5.41, 5.74) is 0. The number of allylic oxidation sites excluding steroid dienone is 1. The largest absolute Gasteiger partial charge is 0.430 e. The van der Waals surface area contributed by atoms with E-state index < -0.39 is 0 Å². The number of unbranched alkanes of at least 4 members (excludes halogenated alkanes) is 36. The average Bonchev–Trinajstić information content (AvgIpc) is 3.07. The first-order valence-electron chi connectivity index (χ1n) is 22.2. The van der Waals surface area contributed by atoms with Crippen LogP contribution in [0.2, 0.25) is 0 Å². The van der Waals surface area contributed by atoms with Gasteiger partial charge in [0.2, 0.25) is 0 Å². The Morgan fingerprint density at radius 1 is 0.383 bits per heavy atom. The molecule has 2 heteroatoms. The highest BCUT2D eigenvalue weighted by Crippen LogP contribution is 2.32. The van der Waals surface area contributed by atoms with Gasteiger partial charge >= 0.3 is 5.97 Å². The van der Waals surface area contributed by atoms with Gasteiger partial charge in [-0.2, -0.15) is 0 Å². The average molecular weight is 659 g/mol. The molecular formula is C45H86O2. The van der Waals surface area contributed by atoms with Crippen LogP contribution in [0.4, 0.5) is 0 Å². The molecule has 0 spiro atoms. The summed E-state index contributed by atoms with van der Waals surface area (Å²) in [4.78, 5) is 12.0. The number of hydrogen-bond donors (Lipinski definition) is 0. The summed E-state index contributed by atoms with van der Waals surface area (Å²) in [5.74, 6) is 1.09. The molecule has 1 atom stereocenters. The van der Waals surface area contributed by atoms with Gasteiger partial charge in [-0.15, -0.1) is 0 Å². The zero-order chi connectivity index (χ0) is 33.7. The number of ether oxygens (including phenoxy) is 1. The number of rotatable bonds is 39. The number of carbonyl (C=O) groups is 1. The van der Waals surface area contributed by atoms with E-state index in [-0.39, 0.29) is 11.9 Å². The molecule has 0 aromatic carbocycles. The number of esters is 1. The fourth-order valence-corrected chi connectivity index (χ4v) is 7.48. The maximum absolute atomic E-state index is 12.0. The number of hydrogen-bond acceptors (Lipinski definition) is 2. The van der Waals surface area contributed by atoms with E-state index in [1.165, 1.54) is 238 Å². The van der Waals surface area contributed by atoms with Crippen LogP contribution in [0.15, 0.2) is 11.8 Å². The molecule has 278 valence electrons. The lowest BCUT2D eigenvalue weighted by atomic mass is 9.93. The first kappa shape index (κ1) is 44.2. The molecule has 0 N–H and O–H groups in total. The Labute approximate surface area is 296 Å². The maximum Gasteiger partial charge on any atom is 0.321 e. The van der Waals surface area contributed by atoms with Crippen molar-refractivity contribution >= 4 is 5.97 Å². The predicted molar refractivity (Wildman–Crippen MR) is 209 cm³/mol. The summed E-state index contributed by atoms with van der Waals surface area (Å²) < 4.78 is 5.40. The van der Waals surface area contributed by atoms with E-state index in [4.69, 9.17) is 4.74 Å². The van der Waals surface area contributed by atoms with Crippen LogP contribution < -0.4 is 0 Å². The van der Waals surface area contributed by atoms with Gasteiger partial charge in [-0.1, -0.05) is 245 Å². The van der Waals surface area contributed by atoms with Gasteiger partial charge in [0.1, 0.15) is 11.7 Å². The molecule has 1 aliphatic heterocycles. The summed E-state index contributed by atoms with van der Waals surface area (Å²) >= 11 is 0. The second-order valence-corrected chi connectivity index (χ2v) is 15.5. The Morgan fingerprint density at radius 3 is 0.915 bits per heavy atom. The van der Waals surface area contributed by atoms with Gasteiger partial charge in [-0.3, -0.25) is 4.79 Å². The van der Waals surface area contributed by atoms with Crippen molar-refractivity contribution in [2.75, 3.05) is 0 Å². The molecule has 0 bridgehead atoms. The van der Waals surface area contributed by atoms with Crippen LogP contribution in [0, 0.1) is 5.92 Å². The Morgan fingerprint density at radius 2 is 0.638 bits per heavy atom.